The lowest BCUT2D eigenvalue weighted by Crippen LogP contribution is -2.46. The van der Waals surface area contributed by atoms with Crippen LogP contribution in [0.5, 0.6) is 11.5 Å². The van der Waals surface area contributed by atoms with Gasteiger partial charge in [-0.05, 0) is 42.3 Å². The van der Waals surface area contributed by atoms with Gasteiger partial charge in [0.1, 0.15) is 11.5 Å². The molecule has 0 aliphatic carbocycles. The number of benzene rings is 2. The summed E-state index contributed by atoms with van der Waals surface area (Å²) in [4.78, 5) is 25.2. The Labute approximate surface area is 186 Å². The number of methoxy groups -OCH3 is 2. The number of ether oxygens (including phenoxy) is 3. The SMILES string of the molecule is CCOC(=O)C1=C(CSCc2cccc(OC)c2)NC(=O)NC1c1ccc(OC)cc1. The van der Waals surface area contributed by atoms with E-state index in [9.17, 15) is 9.59 Å². The molecule has 164 valence electrons. The highest BCUT2D eigenvalue weighted by molar-refractivity contribution is 7.98. The minimum Gasteiger partial charge on any atom is -0.497 e. The van der Waals surface area contributed by atoms with E-state index in [1.807, 2.05) is 36.4 Å². The Morgan fingerprint density at radius 2 is 1.77 bits per heavy atom. The van der Waals surface area contributed by atoms with E-state index in [2.05, 4.69) is 10.6 Å². The number of carbonyl (C=O) groups excluding carboxylic acids is 2. The maximum absolute atomic E-state index is 12.8. The van der Waals surface area contributed by atoms with Crippen LogP contribution in [0, 0.1) is 0 Å². The summed E-state index contributed by atoms with van der Waals surface area (Å²) in [5.41, 5.74) is 2.82. The highest BCUT2D eigenvalue weighted by Crippen LogP contribution is 2.31. The zero-order valence-corrected chi connectivity index (χ0v) is 18.6. The van der Waals surface area contributed by atoms with Crippen molar-refractivity contribution in [2.75, 3.05) is 26.6 Å². The molecule has 0 spiro atoms. The van der Waals surface area contributed by atoms with Crippen molar-refractivity contribution in [2.45, 2.75) is 18.7 Å². The van der Waals surface area contributed by atoms with Crippen LogP contribution in [-0.2, 0) is 15.3 Å². The van der Waals surface area contributed by atoms with Crippen LogP contribution in [0.3, 0.4) is 0 Å². The minimum atomic E-state index is -0.605. The number of carbonyl (C=O) groups is 2. The van der Waals surface area contributed by atoms with E-state index in [1.54, 1.807) is 45.0 Å². The van der Waals surface area contributed by atoms with E-state index in [0.717, 1.165) is 16.9 Å². The Balaban J connectivity index is 1.85. The number of rotatable bonds is 9. The van der Waals surface area contributed by atoms with E-state index in [0.29, 0.717) is 28.5 Å². The molecule has 2 amide bonds. The maximum atomic E-state index is 12.8. The predicted octanol–water partition coefficient (Wildman–Crippen LogP) is 3.81. The molecule has 8 heteroatoms. The highest BCUT2D eigenvalue weighted by atomic mass is 32.2. The quantitative estimate of drug-likeness (QED) is 0.575. The fourth-order valence-corrected chi connectivity index (χ4v) is 4.21. The molecule has 0 fully saturated rings. The fraction of sp³-hybridized carbons (Fsp3) is 0.304. The zero-order valence-electron chi connectivity index (χ0n) is 17.8. The van der Waals surface area contributed by atoms with Gasteiger partial charge in [0.2, 0.25) is 0 Å². The standard InChI is InChI=1S/C23H26N2O5S/c1-4-30-22(26)20-19(14-31-13-15-6-5-7-18(12-15)29-3)24-23(27)25-21(20)16-8-10-17(28-2)11-9-16/h5-12,21H,4,13-14H2,1-3H3,(H2,24,25,27). The predicted molar refractivity (Wildman–Crippen MR) is 120 cm³/mol. The molecule has 0 radical (unpaired) electrons. The van der Waals surface area contributed by atoms with Crippen molar-refractivity contribution < 1.29 is 23.8 Å². The second kappa shape index (κ2) is 10.8. The summed E-state index contributed by atoms with van der Waals surface area (Å²) in [6.45, 7) is 2.00. The first kappa shape index (κ1) is 22.6. The van der Waals surface area contributed by atoms with Gasteiger partial charge in [-0.25, -0.2) is 9.59 Å². The molecule has 0 bridgehead atoms. The van der Waals surface area contributed by atoms with Crippen molar-refractivity contribution in [1.29, 1.82) is 0 Å². The molecule has 1 aliphatic heterocycles. The molecule has 31 heavy (non-hydrogen) atoms. The van der Waals surface area contributed by atoms with Crippen molar-refractivity contribution >= 4 is 23.8 Å². The number of hydrogen-bond donors (Lipinski definition) is 2. The van der Waals surface area contributed by atoms with Crippen LogP contribution in [0.4, 0.5) is 4.79 Å². The summed E-state index contributed by atoms with van der Waals surface area (Å²) in [6, 6.07) is 14.1. The molecular weight excluding hydrogens is 416 g/mol. The molecule has 7 nitrogen and oxygen atoms in total. The number of thioether (sulfide) groups is 1. The Morgan fingerprint density at radius 1 is 1.03 bits per heavy atom. The lowest BCUT2D eigenvalue weighted by atomic mass is 9.95. The van der Waals surface area contributed by atoms with Gasteiger partial charge in [-0.15, -0.1) is 0 Å². The van der Waals surface area contributed by atoms with E-state index < -0.39 is 12.0 Å². The molecule has 1 heterocycles. The van der Waals surface area contributed by atoms with Gasteiger partial charge < -0.3 is 24.8 Å². The fourth-order valence-electron chi connectivity index (χ4n) is 3.26. The van der Waals surface area contributed by atoms with Crippen LogP contribution in [0.1, 0.15) is 24.1 Å². The second-order valence-electron chi connectivity index (χ2n) is 6.76. The van der Waals surface area contributed by atoms with Crippen LogP contribution in [0.2, 0.25) is 0 Å². The first-order valence-electron chi connectivity index (χ1n) is 9.88. The van der Waals surface area contributed by atoms with Crippen LogP contribution in [-0.4, -0.2) is 38.6 Å². The van der Waals surface area contributed by atoms with E-state index in [4.69, 9.17) is 14.2 Å². The number of urea groups is 1. The molecular formula is C23H26N2O5S. The lowest BCUT2D eigenvalue weighted by molar-refractivity contribution is -0.139. The van der Waals surface area contributed by atoms with Crippen molar-refractivity contribution in [3.05, 3.63) is 70.9 Å². The maximum Gasteiger partial charge on any atom is 0.338 e. The molecule has 2 aromatic rings. The highest BCUT2D eigenvalue weighted by Gasteiger charge is 2.33. The molecule has 3 rings (SSSR count). The monoisotopic (exact) mass is 442 g/mol. The van der Waals surface area contributed by atoms with Gasteiger partial charge >= 0.3 is 12.0 Å². The molecule has 1 unspecified atom stereocenters. The lowest BCUT2D eigenvalue weighted by Gasteiger charge is -2.29. The van der Waals surface area contributed by atoms with Gasteiger partial charge in [-0.2, -0.15) is 11.8 Å². The van der Waals surface area contributed by atoms with Gasteiger partial charge in [0.25, 0.3) is 0 Å². The normalized spacial score (nSPS) is 15.7. The number of nitrogens with one attached hydrogen (secondary N) is 2. The van der Waals surface area contributed by atoms with Gasteiger partial charge in [-0.1, -0.05) is 24.3 Å². The van der Waals surface area contributed by atoms with Gasteiger partial charge in [0.05, 0.1) is 32.4 Å². The summed E-state index contributed by atoms with van der Waals surface area (Å²) >= 11 is 1.59. The molecule has 2 aromatic carbocycles. The summed E-state index contributed by atoms with van der Waals surface area (Å²) in [6.07, 6.45) is 0. The Bertz CT molecular complexity index is 959. The van der Waals surface area contributed by atoms with Crippen LogP contribution >= 0.6 is 11.8 Å². The molecule has 2 N–H and O–H groups in total. The third-order valence-electron chi connectivity index (χ3n) is 4.75. The van der Waals surface area contributed by atoms with Crippen LogP contribution in [0.15, 0.2) is 59.8 Å². The Hall–Kier alpha value is -3.13. The average molecular weight is 443 g/mol. The summed E-state index contributed by atoms with van der Waals surface area (Å²) < 4.78 is 15.8. The first-order valence-corrected chi connectivity index (χ1v) is 11.0. The number of hydrogen-bond acceptors (Lipinski definition) is 6. The topological polar surface area (TPSA) is 85.9 Å². The first-order chi connectivity index (χ1) is 15.0. The van der Waals surface area contributed by atoms with Crippen molar-refractivity contribution in [2.24, 2.45) is 0 Å². The Morgan fingerprint density at radius 3 is 2.45 bits per heavy atom. The minimum absolute atomic E-state index is 0.246. The summed E-state index contributed by atoms with van der Waals surface area (Å²) in [5, 5.41) is 5.63. The average Bonchev–Trinajstić information content (AvgIpc) is 2.79. The van der Waals surface area contributed by atoms with Gasteiger partial charge in [0, 0.05) is 17.2 Å². The van der Waals surface area contributed by atoms with Gasteiger partial charge in [0.15, 0.2) is 0 Å². The number of esters is 1. The van der Waals surface area contributed by atoms with Crippen LogP contribution < -0.4 is 20.1 Å². The molecule has 0 saturated carbocycles. The molecule has 1 aliphatic rings. The molecule has 0 saturated heterocycles. The smallest absolute Gasteiger partial charge is 0.338 e. The van der Waals surface area contributed by atoms with E-state index in [1.165, 1.54) is 0 Å². The third kappa shape index (κ3) is 5.73. The molecule has 0 aromatic heterocycles. The van der Waals surface area contributed by atoms with Crippen molar-refractivity contribution in [1.82, 2.24) is 10.6 Å². The summed E-state index contributed by atoms with van der Waals surface area (Å²) in [5.74, 6) is 2.19. The second-order valence-corrected chi connectivity index (χ2v) is 7.75. The zero-order chi connectivity index (χ0) is 22.2. The van der Waals surface area contributed by atoms with E-state index in [-0.39, 0.29) is 12.6 Å². The summed E-state index contributed by atoms with van der Waals surface area (Å²) in [7, 11) is 3.22. The molecule has 1 atom stereocenters. The van der Waals surface area contributed by atoms with Gasteiger partial charge in [-0.3, -0.25) is 0 Å². The Kier molecular flexibility index (Phi) is 7.83. The van der Waals surface area contributed by atoms with Crippen molar-refractivity contribution in [3.8, 4) is 11.5 Å². The number of amides is 2. The largest absolute Gasteiger partial charge is 0.497 e. The van der Waals surface area contributed by atoms with E-state index >= 15 is 0 Å². The third-order valence-corrected chi connectivity index (χ3v) is 5.78. The van der Waals surface area contributed by atoms with Crippen LogP contribution in [0.25, 0.3) is 0 Å². The van der Waals surface area contributed by atoms with Crippen molar-refractivity contribution in [3.63, 3.8) is 0 Å².